The minimum Gasteiger partial charge on any atom is -0.662 e. The molecule has 13 aromatic carbocycles. The van der Waals surface area contributed by atoms with Crippen molar-refractivity contribution in [1.29, 1.82) is 0 Å². The predicted molar refractivity (Wildman–Crippen MR) is 619 cm³/mol. The first kappa shape index (κ1) is 117. The van der Waals surface area contributed by atoms with Crippen LogP contribution in [-0.2, 0) is 53.1 Å². The molecule has 13 aromatic rings. The quantitative estimate of drug-likeness (QED) is 0.0312. The molecule has 17 rings (SSSR count). The summed E-state index contributed by atoms with van der Waals surface area (Å²) >= 11 is 0. The van der Waals surface area contributed by atoms with Crippen LogP contribution in [0.1, 0.15) is 146 Å². The van der Waals surface area contributed by atoms with E-state index < -0.39 is 5.60 Å². The van der Waals surface area contributed by atoms with Gasteiger partial charge in [0.15, 0.2) is 58.7 Å². The normalized spacial score (nSPS) is 13.8. The molecule has 4 saturated heterocycles. The highest BCUT2D eigenvalue weighted by Gasteiger charge is 2.33. The first-order chi connectivity index (χ1) is 70.7. The van der Waals surface area contributed by atoms with Crippen LogP contribution in [0.4, 0.5) is 10.5 Å². The summed E-state index contributed by atoms with van der Waals surface area (Å²) < 4.78 is 5.38. The van der Waals surface area contributed by atoms with E-state index in [4.69, 9.17) is 4.74 Å². The van der Waals surface area contributed by atoms with Gasteiger partial charge in [-0.3, -0.25) is 14.6 Å². The number of para-hydroxylation sites is 1. The van der Waals surface area contributed by atoms with E-state index in [1.54, 1.807) is 6.92 Å². The van der Waals surface area contributed by atoms with Crippen molar-refractivity contribution < 1.29 is 14.3 Å². The number of hydrogen-bond donors (Lipinski definition) is 1. The lowest BCUT2D eigenvalue weighted by molar-refractivity contribution is -0.130. The van der Waals surface area contributed by atoms with Gasteiger partial charge in [0.2, 0.25) is 5.91 Å². The first-order valence-electron chi connectivity index (χ1n) is 53.1. The molecule has 4 aliphatic heterocycles. The van der Waals surface area contributed by atoms with Crippen molar-refractivity contribution in [3.63, 3.8) is 0 Å². The number of ether oxygens (including phenoxy) is 1. The molecule has 2 amide bonds. The van der Waals surface area contributed by atoms with Crippen LogP contribution in [0.5, 0.6) is 0 Å². The predicted octanol–water partition coefficient (Wildman–Crippen LogP) is 29.1. The summed E-state index contributed by atoms with van der Waals surface area (Å²) in [6, 6.07) is 139. The summed E-state index contributed by atoms with van der Waals surface area (Å²) in [5.41, 5.74) is 0.953. The van der Waals surface area contributed by atoms with Crippen molar-refractivity contribution >= 4 is 61.3 Å². The average molecular weight is 2010 g/mol. The van der Waals surface area contributed by atoms with Gasteiger partial charge in [0.05, 0.1) is 43.6 Å². The highest BCUT2D eigenvalue weighted by atomic mass is 32.2. The zero-order valence-corrected chi connectivity index (χ0v) is 91.6. The molecule has 4 fully saturated rings. The second kappa shape index (κ2) is 71.9. The Labute approximate surface area is 881 Å². The number of likely N-dealkylation sites (N-methyl/N-ethyl adjacent to an activating group) is 1. The summed E-state index contributed by atoms with van der Waals surface area (Å²) in [4.78, 5) is 55.5. The van der Waals surface area contributed by atoms with Crippen molar-refractivity contribution in [3.8, 4) is 0 Å². The Hall–Kier alpha value is -10.5. The third kappa shape index (κ3) is 46.1. The lowest BCUT2D eigenvalue weighted by Gasteiger charge is -2.35. The van der Waals surface area contributed by atoms with Crippen LogP contribution in [0, 0.1) is 0 Å². The minimum absolute atomic E-state index is 0.0146. The molecule has 0 aliphatic carbocycles. The van der Waals surface area contributed by atoms with Crippen molar-refractivity contribution in [3.05, 3.63) is 405 Å². The Kier molecular flexibility index (Phi) is 58.5. The van der Waals surface area contributed by atoms with Gasteiger partial charge in [0, 0.05) is 117 Å². The van der Waals surface area contributed by atoms with Crippen LogP contribution in [0.2, 0.25) is 0 Å². The standard InChI is InChI=1S/4C18H15S.C14H28N2O2.C13H26N3O.C11H24N2.C10H14N2.C7H16N/c4*1-4-10-16(11-5-1)19(17-12-6-2-7-13-17)18-14-8-3-9-15-18;1-5-6-7-8-15-9-11-16(12-10-15)13(17)18-14(2,3)4;1-3-14-7-5-4-6-8-15-9-11-16(12-10-15)13(2)17;1-3-4-5-6-7-13-10-8-12(2)9-11-13;1-2-4-10(5-3-1)12-8-6-11-7-9-12;1-3-5-6-7-8-4-2/h4*1-15H;5-12H2,1-4H3;3-12H2,1-2H3;3-11H2,1-2H3;1-5,11H,6-9H2;3-7H2,1-2H3/q4*+1;;-1;;;-1. The van der Waals surface area contributed by atoms with E-state index in [9.17, 15) is 9.59 Å². The highest BCUT2D eigenvalue weighted by molar-refractivity contribution is 7.98. The van der Waals surface area contributed by atoms with Gasteiger partial charge in [-0.15, -0.1) is 13.1 Å². The van der Waals surface area contributed by atoms with Crippen LogP contribution < -0.4 is 10.2 Å². The Morgan fingerprint density at radius 3 is 0.736 bits per heavy atom. The average Bonchev–Trinajstić information content (AvgIpc) is 0.828. The van der Waals surface area contributed by atoms with E-state index >= 15 is 0 Å². The summed E-state index contributed by atoms with van der Waals surface area (Å²) in [7, 11) is 2.16. The van der Waals surface area contributed by atoms with Gasteiger partial charge in [-0.25, -0.2) is 4.79 Å². The van der Waals surface area contributed by atoms with E-state index in [-0.39, 0.29) is 55.6 Å². The van der Waals surface area contributed by atoms with E-state index in [0.29, 0.717) is 0 Å². The molecular weight excluding hydrogens is 1840 g/mol. The maximum absolute atomic E-state index is 11.9. The summed E-state index contributed by atoms with van der Waals surface area (Å²) in [5.74, 6) is 0.214. The molecular formula is C127H168N10O3S4+2. The Balaban J connectivity index is 0.000000182. The summed E-state index contributed by atoms with van der Waals surface area (Å²) in [5, 5.41) is 11.9. The van der Waals surface area contributed by atoms with Gasteiger partial charge < -0.3 is 45.2 Å². The molecule has 0 bridgehead atoms. The first-order valence-corrected chi connectivity index (χ1v) is 58.0. The van der Waals surface area contributed by atoms with Gasteiger partial charge in [-0.05, 0) is 224 Å². The third-order valence-electron chi connectivity index (χ3n) is 24.5. The smallest absolute Gasteiger partial charge is 0.410 e. The Morgan fingerprint density at radius 2 is 0.493 bits per heavy atom. The number of carbonyl (C=O) groups is 2. The van der Waals surface area contributed by atoms with Gasteiger partial charge in [0.25, 0.3) is 0 Å². The number of benzene rings is 13. The topological polar surface area (TPSA) is 106 Å². The maximum atomic E-state index is 11.9. The third-order valence-corrected chi connectivity index (χ3v) is 33.4. The molecule has 0 saturated carbocycles. The van der Waals surface area contributed by atoms with Gasteiger partial charge in [0.1, 0.15) is 5.60 Å². The molecule has 0 spiro atoms. The Bertz CT molecular complexity index is 4440. The SMILES string of the molecule is CCCCCCN1CCN(C)CC1.CCCCCN1CCN(C(=O)OC(C)(C)C)CC1.CCCCC[N-]CC.CC[N-]CCCCCN1CCN(C(C)=O)CC1.c1ccc(N2CCNCC2)cc1.c1ccc([S+](c2ccccc2)c2ccccc2)cc1.c1ccc([S+](c2ccccc2)c2ccccc2)cc1.c1ccc([S+](c2ccccc2)c2ccccc2)cc1.c1ccc([S+](c2ccccc2)c2ccccc2)cc1. The molecule has 0 atom stereocenters. The molecule has 0 unspecified atom stereocenters. The molecule has 766 valence electrons. The second-order valence-corrected chi connectivity index (χ2v) is 45.0. The van der Waals surface area contributed by atoms with Crippen LogP contribution in [-0.4, -0.2) is 205 Å². The fourth-order valence-electron chi connectivity index (χ4n) is 16.6. The van der Waals surface area contributed by atoms with Crippen molar-refractivity contribution in [2.24, 2.45) is 0 Å². The number of hydrogen-bond acceptors (Lipinski definition) is 9. The lowest BCUT2D eigenvalue weighted by Crippen LogP contribution is -2.50. The number of piperazine rings is 4. The van der Waals surface area contributed by atoms with Crippen LogP contribution in [0.25, 0.3) is 10.6 Å². The second-order valence-electron chi connectivity index (χ2n) is 36.9. The number of nitrogens with one attached hydrogen (secondary N) is 1. The fourth-order valence-corrected chi connectivity index (χ4v) is 25.0. The van der Waals surface area contributed by atoms with Gasteiger partial charge in [-0.1, -0.05) is 335 Å². The monoisotopic (exact) mass is 2010 g/mol. The summed E-state index contributed by atoms with van der Waals surface area (Å²) in [6.45, 7) is 43.0. The van der Waals surface area contributed by atoms with E-state index in [1.807, 2.05) is 30.6 Å². The minimum atomic E-state index is -0.394. The van der Waals surface area contributed by atoms with E-state index in [2.05, 4.69) is 476 Å². The number of amides is 2. The zero-order chi connectivity index (χ0) is 102. The van der Waals surface area contributed by atoms with Crippen LogP contribution in [0.3, 0.4) is 0 Å². The van der Waals surface area contributed by atoms with Crippen molar-refractivity contribution in [2.75, 3.05) is 162 Å². The largest absolute Gasteiger partial charge is 0.662 e. The molecule has 1 N–H and O–H groups in total. The zero-order valence-electron chi connectivity index (χ0n) is 88.4. The molecule has 4 aliphatic rings. The van der Waals surface area contributed by atoms with Gasteiger partial charge >= 0.3 is 6.09 Å². The lowest BCUT2D eigenvalue weighted by atomic mass is 10.2. The highest BCUT2D eigenvalue weighted by Crippen LogP contribution is 2.35. The Morgan fingerprint density at radius 1 is 0.278 bits per heavy atom. The maximum Gasteiger partial charge on any atom is 0.410 e. The number of nitrogens with zero attached hydrogens (tertiary/aromatic N) is 9. The van der Waals surface area contributed by atoms with Gasteiger partial charge in [-0.2, -0.15) is 13.1 Å². The molecule has 0 radical (unpaired) electrons. The molecule has 17 heteroatoms. The van der Waals surface area contributed by atoms with Crippen LogP contribution in [0.15, 0.2) is 453 Å². The number of rotatable bonds is 34. The van der Waals surface area contributed by atoms with E-state index in [0.717, 1.165) is 111 Å². The molecule has 144 heavy (non-hydrogen) atoms. The van der Waals surface area contributed by atoms with E-state index in [1.165, 1.54) is 187 Å². The summed E-state index contributed by atoms with van der Waals surface area (Å²) in [6.07, 6.45) is 16.9. The molecule has 13 nitrogen and oxygen atoms in total. The number of unbranched alkanes of at least 4 members (excludes halogenated alkanes) is 9. The fraction of sp³-hybridized carbons (Fsp3) is 0.370. The number of anilines is 1. The van der Waals surface area contributed by atoms with Crippen molar-refractivity contribution in [2.45, 2.75) is 210 Å². The molecule has 4 heterocycles. The molecule has 0 aromatic heterocycles. The van der Waals surface area contributed by atoms with Crippen molar-refractivity contribution in [1.82, 2.24) is 34.7 Å². The number of carbonyl (C=O) groups excluding carboxylic acids is 2. The van der Waals surface area contributed by atoms with Crippen LogP contribution >= 0.6 is 0 Å².